The van der Waals surface area contributed by atoms with Gasteiger partial charge in [0.15, 0.2) is 0 Å². The summed E-state index contributed by atoms with van der Waals surface area (Å²) in [7, 11) is 0. The number of carboxylic acids is 1. The van der Waals surface area contributed by atoms with Gasteiger partial charge in [-0.3, -0.25) is 9.59 Å². The maximum atomic E-state index is 11.7. The summed E-state index contributed by atoms with van der Waals surface area (Å²) in [4.78, 5) is 22.7. The Morgan fingerprint density at radius 2 is 2.06 bits per heavy atom. The van der Waals surface area contributed by atoms with Crippen molar-refractivity contribution >= 4 is 23.6 Å². The number of amides is 1. The Kier molecular flexibility index (Phi) is 5.12. The minimum atomic E-state index is -1.11. The van der Waals surface area contributed by atoms with E-state index in [2.05, 4.69) is 5.32 Å². The molecule has 1 aliphatic rings. The zero-order chi connectivity index (χ0) is 12.0. The summed E-state index contributed by atoms with van der Waals surface area (Å²) >= 11 is 1.78. The van der Waals surface area contributed by atoms with Crippen LogP contribution < -0.4 is 5.32 Å². The van der Waals surface area contributed by atoms with E-state index in [1.807, 2.05) is 6.26 Å². The molecular weight excluding hydrogens is 226 g/mol. The van der Waals surface area contributed by atoms with Gasteiger partial charge in [0.2, 0.25) is 5.91 Å². The highest BCUT2D eigenvalue weighted by Gasteiger charge is 2.50. The fraction of sp³-hybridized carbons (Fsp3) is 0.818. The SMILES string of the molecule is CSCCCCNC(=O)C1(C(=O)O)CCC1. The first kappa shape index (κ1) is 13.4. The average Bonchev–Trinajstić information content (AvgIpc) is 2.15. The molecule has 0 aromatic rings. The molecule has 1 aliphatic carbocycles. The minimum absolute atomic E-state index is 0.296. The van der Waals surface area contributed by atoms with Gasteiger partial charge in [0.05, 0.1) is 0 Å². The van der Waals surface area contributed by atoms with Gasteiger partial charge in [-0.25, -0.2) is 0 Å². The van der Waals surface area contributed by atoms with E-state index >= 15 is 0 Å². The van der Waals surface area contributed by atoms with Crippen molar-refractivity contribution in [2.75, 3.05) is 18.6 Å². The number of unbranched alkanes of at least 4 members (excludes halogenated alkanes) is 1. The first-order valence-corrected chi connectivity index (χ1v) is 7.03. The first-order valence-electron chi connectivity index (χ1n) is 5.64. The standard InChI is InChI=1S/C11H19NO3S/c1-16-8-3-2-7-12-9(13)11(10(14)15)5-4-6-11/h2-8H2,1H3,(H,12,13)(H,14,15). The van der Waals surface area contributed by atoms with Crippen LogP contribution in [-0.4, -0.2) is 35.5 Å². The molecule has 1 saturated carbocycles. The Morgan fingerprint density at radius 3 is 2.50 bits per heavy atom. The normalized spacial score (nSPS) is 17.6. The molecule has 0 aliphatic heterocycles. The van der Waals surface area contributed by atoms with Crippen LogP contribution in [0.2, 0.25) is 0 Å². The summed E-state index contributed by atoms with van der Waals surface area (Å²) < 4.78 is 0. The van der Waals surface area contributed by atoms with Crippen molar-refractivity contribution in [2.45, 2.75) is 32.1 Å². The maximum Gasteiger partial charge on any atom is 0.319 e. The van der Waals surface area contributed by atoms with Gasteiger partial charge in [0, 0.05) is 6.54 Å². The zero-order valence-corrected chi connectivity index (χ0v) is 10.4. The van der Waals surface area contributed by atoms with Gasteiger partial charge in [-0.2, -0.15) is 11.8 Å². The van der Waals surface area contributed by atoms with Crippen LogP contribution in [0.1, 0.15) is 32.1 Å². The van der Waals surface area contributed by atoms with Crippen molar-refractivity contribution in [3.8, 4) is 0 Å². The molecule has 0 aromatic carbocycles. The van der Waals surface area contributed by atoms with Crippen molar-refractivity contribution in [2.24, 2.45) is 5.41 Å². The second kappa shape index (κ2) is 6.13. The predicted molar refractivity (Wildman–Crippen MR) is 64.5 cm³/mol. The number of hydrogen-bond acceptors (Lipinski definition) is 3. The molecule has 2 N–H and O–H groups in total. The van der Waals surface area contributed by atoms with Gasteiger partial charge in [-0.15, -0.1) is 0 Å². The summed E-state index contributed by atoms with van der Waals surface area (Å²) in [6.07, 6.45) is 5.83. The second-order valence-electron chi connectivity index (χ2n) is 4.20. The van der Waals surface area contributed by atoms with Crippen LogP contribution >= 0.6 is 11.8 Å². The smallest absolute Gasteiger partial charge is 0.319 e. The van der Waals surface area contributed by atoms with Crippen LogP contribution in [0.4, 0.5) is 0 Å². The summed E-state index contributed by atoms with van der Waals surface area (Å²) in [5, 5.41) is 11.8. The molecule has 0 spiro atoms. The molecule has 0 bridgehead atoms. The van der Waals surface area contributed by atoms with E-state index in [0.717, 1.165) is 25.0 Å². The highest BCUT2D eigenvalue weighted by molar-refractivity contribution is 7.98. The number of hydrogen-bond donors (Lipinski definition) is 2. The van der Waals surface area contributed by atoms with Crippen molar-refractivity contribution in [3.05, 3.63) is 0 Å². The number of aliphatic carboxylic acids is 1. The Labute approximate surface area is 100 Å². The lowest BCUT2D eigenvalue weighted by Gasteiger charge is -2.35. The molecule has 0 heterocycles. The third kappa shape index (κ3) is 2.90. The molecule has 1 fully saturated rings. The average molecular weight is 245 g/mol. The van der Waals surface area contributed by atoms with Gasteiger partial charge in [0.1, 0.15) is 5.41 Å². The Balaban J connectivity index is 2.26. The molecule has 1 rings (SSSR count). The molecule has 92 valence electrons. The molecular formula is C11H19NO3S. The van der Waals surface area contributed by atoms with E-state index in [1.165, 1.54) is 0 Å². The summed E-state index contributed by atoms with van der Waals surface area (Å²) in [5.41, 5.74) is -1.11. The third-order valence-electron chi connectivity index (χ3n) is 3.11. The second-order valence-corrected chi connectivity index (χ2v) is 5.18. The van der Waals surface area contributed by atoms with Crippen molar-refractivity contribution < 1.29 is 14.7 Å². The zero-order valence-electron chi connectivity index (χ0n) is 9.62. The lowest BCUT2D eigenvalue weighted by atomic mass is 9.68. The van der Waals surface area contributed by atoms with E-state index in [0.29, 0.717) is 19.4 Å². The van der Waals surface area contributed by atoms with Crippen LogP contribution in [0.25, 0.3) is 0 Å². The fourth-order valence-corrected chi connectivity index (χ4v) is 2.30. The quantitative estimate of drug-likeness (QED) is 0.527. The Morgan fingerprint density at radius 1 is 1.38 bits per heavy atom. The van der Waals surface area contributed by atoms with Gasteiger partial charge < -0.3 is 10.4 Å². The van der Waals surface area contributed by atoms with E-state index in [-0.39, 0.29) is 5.91 Å². The minimum Gasteiger partial charge on any atom is -0.480 e. The molecule has 4 nitrogen and oxygen atoms in total. The maximum absolute atomic E-state index is 11.7. The fourth-order valence-electron chi connectivity index (χ4n) is 1.81. The lowest BCUT2D eigenvalue weighted by molar-refractivity contribution is -0.162. The number of carbonyl (C=O) groups is 2. The van der Waals surface area contributed by atoms with E-state index in [4.69, 9.17) is 5.11 Å². The van der Waals surface area contributed by atoms with E-state index in [1.54, 1.807) is 11.8 Å². The predicted octanol–water partition coefficient (Wildman–Crippen LogP) is 1.50. The van der Waals surface area contributed by atoms with Crippen LogP contribution in [0, 0.1) is 5.41 Å². The molecule has 0 aromatic heterocycles. The number of rotatable bonds is 7. The van der Waals surface area contributed by atoms with E-state index < -0.39 is 11.4 Å². The molecule has 5 heteroatoms. The van der Waals surface area contributed by atoms with Crippen LogP contribution in [-0.2, 0) is 9.59 Å². The Hall–Kier alpha value is -0.710. The van der Waals surface area contributed by atoms with Gasteiger partial charge >= 0.3 is 5.97 Å². The Bertz CT molecular complexity index is 264. The summed E-state index contributed by atoms with van der Waals surface area (Å²) in [6.45, 7) is 0.592. The number of thioether (sulfide) groups is 1. The van der Waals surface area contributed by atoms with Gasteiger partial charge in [-0.1, -0.05) is 6.42 Å². The highest BCUT2D eigenvalue weighted by atomic mass is 32.2. The number of carboxylic acid groups (broad SMARTS) is 1. The largest absolute Gasteiger partial charge is 0.480 e. The topological polar surface area (TPSA) is 66.4 Å². The van der Waals surface area contributed by atoms with Crippen LogP contribution in [0.5, 0.6) is 0 Å². The van der Waals surface area contributed by atoms with Gasteiger partial charge in [-0.05, 0) is 37.7 Å². The summed E-state index contributed by atoms with van der Waals surface area (Å²) in [5.74, 6) is -0.185. The number of nitrogens with one attached hydrogen (secondary N) is 1. The summed E-state index contributed by atoms with van der Waals surface area (Å²) in [6, 6.07) is 0. The molecule has 1 amide bonds. The third-order valence-corrected chi connectivity index (χ3v) is 3.81. The lowest BCUT2D eigenvalue weighted by Crippen LogP contribution is -2.51. The van der Waals surface area contributed by atoms with Crippen molar-refractivity contribution in [1.29, 1.82) is 0 Å². The molecule has 0 unspecified atom stereocenters. The molecule has 0 atom stereocenters. The van der Waals surface area contributed by atoms with E-state index in [9.17, 15) is 9.59 Å². The number of carbonyl (C=O) groups excluding carboxylic acids is 1. The van der Waals surface area contributed by atoms with Crippen LogP contribution in [0.3, 0.4) is 0 Å². The first-order chi connectivity index (χ1) is 7.63. The monoisotopic (exact) mass is 245 g/mol. The van der Waals surface area contributed by atoms with Crippen LogP contribution in [0.15, 0.2) is 0 Å². The van der Waals surface area contributed by atoms with Crippen molar-refractivity contribution in [3.63, 3.8) is 0 Å². The molecule has 16 heavy (non-hydrogen) atoms. The van der Waals surface area contributed by atoms with Gasteiger partial charge in [0.25, 0.3) is 0 Å². The van der Waals surface area contributed by atoms with Crippen molar-refractivity contribution in [1.82, 2.24) is 5.32 Å². The molecule has 0 radical (unpaired) electrons. The molecule has 0 saturated heterocycles. The highest BCUT2D eigenvalue weighted by Crippen LogP contribution is 2.41.